The quantitative estimate of drug-likeness (QED) is 0.370. The molecule has 0 saturated carbocycles. The minimum absolute atomic E-state index is 0.326. The van der Waals surface area contributed by atoms with Crippen LogP contribution < -0.4 is 0 Å². The summed E-state index contributed by atoms with van der Waals surface area (Å²) in [6.07, 6.45) is 2.07. The molecule has 0 fully saturated rings. The van der Waals surface area contributed by atoms with Crippen molar-refractivity contribution in [3.63, 3.8) is 0 Å². The summed E-state index contributed by atoms with van der Waals surface area (Å²) in [4.78, 5) is 10.6. The summed E-state index contributed by atoms with van der Waals surface area (Å²) in [5.41, 5.74) is 0. The lowest BCUT2D eigenvalue weighted by Crippen LogP contribution is -2.07. The van der Waals surface area contributed by atoms with E-state index in [1.807, 2.05) is 6.92 Å². The van der Waals surface area contributed by atoms with Crippen LogP contribution in [0.3, 0.4) is 0 Å². The third-order valence-electron chi connectivity index (χ3n) is 0.920. The van der Waals surface area contributed by atoms with Gasteiger partial charge in [-0.05, 0) is 19.4 Å². The maximum absolute atomic E-state index is 10.6. The van der Waals surface area contributed by atoms with Crippen LogP contribution in [0.4, 0.5) is 0 Å². The number of ether oxygens (including phenoxy) is 1. The first kappa shape index (κ1) is 9.01. The fourth-order valence-corrected chi connectivity index (χ4v) is 0.387. The standard InChI is InChI=1S/C7H12O3/c1-3-5-10-7(9)6(8)4-2/h4,8H,3,5H2,1-2H3. The predicted molar refractivity (Wildman–Crippen MR) is 37.6 cm³/mol. The molecular formula is C7H12O3. The van der Waals surface area contributed by atoms with Gasteiger partial charge < -0.3 is 9.84 Å². The van der Waals surface area contributed by atoms with Crippen LogP contribution in [-0.4, -0.2) is 17.7 Å². The van der Waals surface area contributed by atoms with Crippen LogP contribution in [0.25, 0.3) is 0 Å². The third-order valence-corrected chi connectivity index (χ3v) is 0.920. The molecule has 0 atom stereocenters. The number of aliphatic hydroxyl groups is 1. The van der Waals surface area contributed by atoms with Crippen molar-refractivity contribution in [2.24, 2.45) is 0 Å². The van der Waals surface area contributed by atoms with Crippen LogP contribution in [0.5, 0.6) is 0 Å². The van der Waals surface area contributed by atoms with E-state index in [1.54, 1.807) is 6.92 Å². The van der Waals surface area contributed by atoms with Crippen molar-refractivity contribution >= 4 is 5.97 Å². The number of allylic oxidation sites excluding steroid dienone is 1. The van der Waals surface area contributed by atoms with Gasteiger partial charge in [-0.25, -0.2) is 4.79 Å². The molecule has 0 heterocycles. The summed E-state index contributed by atoms with van der Waals surface area (Å²) in [6.45, 7) is 3.82. The van der Waals surface area contributed by atoms with Gasteiger partial charge in [0.05, 0.1) is 6.61 Å². The molecule has 1 N–H and O–H groups in total. The first-order valence-corrected chi connectivity index (χ1v) is 3.24. The molecule has 0 rings (SSSR count). The number of esters is 1. The molecule has 0 bridgehead atoms. The van der Waals surface area contributed by atoms with Crippen LogP contribution in [-0.2, 0) is 9.53 Å². The average molecular weight is 144 g/mol. The fraction of sp³-hybridized carbons (Fsp3) is 0.571. The molecule has 58 valence electrons. The zero-order valence-corrected chi connectivity index (χ0v) is 6.26. The van der Waals surface area contributed by atoms with E-state index >= 15 is 0 Å². The number of hydrogen-bond donors (Lipinski definition) is 1. The molecule has 3 heteroatoms. The second-order valence-corrected chi connectivity index (χ2v) is 1.81. The van der Waals surface area contributed by atoms with Gasteiger partial charge in [-0.15, -0.1) is 0 Å². The number of carbonyl (C=O) groups is 1. The van der Waals surface area contributed by atoms with Gasteiger partial charge in [-0.3, -0.25) is 0 Å². The number of rotatable bonds is 3. The Labute approximate surface area is 60.3 Å². The van der Waals surface area contributed by atoms with E-state index in [-0.39, 0.29) is 5.76 Å². The highest BCUT2D eigenvalue weighted by molar-refractivity contribution is 5.85. The van der Waals surface area contributed by atoms with E-state index in [4.69, 9.17) is 5.11 Å². The van der Waals surface area contributed by atoms with Gasteiger partial charge in [0.15, 0.2) is 5.76 Å². The summed E-state index contributed by atoms with van der Waals surface area (Å²) in [6, 6.07) is 0. The fourth-order valence-electron chi connectivity index (χ4n) is 0.387. The zero-order chi connectivity index (χ0) is 7.98. The summed E-state index contributed by atoms with van der Waals surface area (Å²) >= 11 is 0. The molecule has 0 aliphatic carbocycles. The van der Waals surface area contributed by atoms with Gasteiger partial charge in [0, 0.05) is 0 Å². The van der Waals surface area contributed by atoms with Crippen LogP contribution in [0.2, 0.25) is 0 Å². The van der Waals surface area contributed by atoms with Crippen molar-refractivity contribution < 1.29 is 14.6 Å². The van der Waals surface area contributed by atoms with Crippen molar-refractivity contribution in [1.82, 2.24) is 0 Å². The van der Waals surface area contributed by atoms with E-state index in [0.29, 0.717) is 6.61 Å². The van der Waals surface area contributed by atoms with Gasteiger partial charge in [0.2, 0.25) is 0 Å². The monoisotopic (exact) mass is 144 g/mol. The first-order chi connectivity index (χ1) is 4.72. The second kappa shape index (κ2) is 4.85. The minimum Gasteiger partial charge on any atom is -0.502 e. The molecule has 0 saturated heterocycles. The van der Waals surface area contributed by atoms with E-state index in [9.17, 15) is 4.79 Å². The Kier molecular flexibility index (Phi) is 4.37. The van der Waals surface area contributed by atoms with Crippen molar-refractivity contribution in [2.75, 3.05) is 6.61 Å². The SMILES string of the molecule is CC=C(O)C(=O)OCCC. The molecule has 0 aliphatic heterocycles. The first-order valence-electron chi connectivity index (χ1n) is 3.24. The molecule has 0 amide bonds. The Bertz CT molecular complexity index is 138. The average Bonchev–Trinajstić information content (AvgIpc) is 1.98. The summed E-state index contributed by atoms with van der Waals surface area (Å²) < 4.78 is 4.59. The molecule has 0 aromatic heterocycles. The normalized spacial score (nSPS) is 11.2. The smallest absolute Gasteiger partial charge is 0.373 e. The van der Waals surface area contributed by atoms with Crippen molar-refractivity contribution in [1.29, 1.82) is 0 Å². The Morgan fingerprint density at radius 1 is 1.70 bits per heavy atom. The second-order valence-electron chi connectivity index (χ2n) is 1.81. The van der Waals surface area contributed by atoms with Gasteiger partial charge in [-0.2, -0.15) is 0 Å². The Balaban J connectivity index is 3.63. The lowest BCUT2D eigenvalue weighted by atomic mass is 10.4. The number of carbonyl (C=O) groups excluding carboxylic acids is 1. The summed E-state index contributed by atoms with van der Waals surface area (Å²) in [5, 5.41) is 8.74. The minimum atomic E-state index is -0.649. The summed E-state index contributed by atoms with van der Waals surface area (Å²) in [7, 11) is 0. The Morgan fingerprint density at radius 2 is 2.30 bits per heavy atom. The third kappa shape index (κ3) is 3.12. The highest BCUT2D eigenvalue weighted by Gasteiger charge is 2.05. The molecule has 0 aliphatic rings. The van der Waals surface area contributed by atoms with Gasteiger partial charge >= 0.3 is 5.97 Å². The Morgan fingerprint density at radius 3 is 2.70 bits per heavy atom. The molecule has 0 aromatic rings. The number of aliphatic hydroxyl groups excluding tert-OH is 1. The lowest BCUT2D eigenvalue weighted by Gasteiger charge is -1.99. The molecule has 0 radical (unpaired) electrons. The molecule has 0 spiro atoms. The molecular weight excluding hydrogens is 132 g/mol. The lowest BCUT2D eigenvalue weighted by molar-refractivity contribution is -0.142. The van der Waals surface area contributed by atoms with E-state index in [1.165, 1.54) is 6.08 Å². The molecule has 3 nitrogen and oxygen atoms in total. The van der Waals surface area contributed by atoms with Gasteiger partial charge in [0.25, 0.3) is 0 Å². The van der Waals surface area contributed by atoms with Crippen molar-refractivity contribution in [2.45, 2.75) is 20.3 Å². The highest BCUT2D eigenvalue weighted by atomic mass is 16.5. The van der Waals surface area contributed by atoms with Crippen LogP contribution in [0, 0.1) is 0 Å². The Hall–Kier alpha value is -0.990. The highest BCUT2D eigenvalue weighted by Crippen LogP contribution is 1.92. The van der Waals surface area contributed by atoms with Gasteiger partial charge in [0.1, 0.15) is 0 Å². The maximum atomic E-state index is 10.6. The van der Waals surface area contributed by atoms with E-state index in [2.05, 4.69) is 4.74 Å². The van der Waals surface area contributed by atoms with Gasteiger partial charge in [-0.1, -0.05) is 6.92 Å². The van der Waals surface area contributed by atoms with E-state index < -0.39 is 5.97 Å². The number of hydrogen-bond acceptors (Lipinski definition) is 3. The molecule has 0 aromatic carbocycles. The van der Waals surface area contributed by atoms with Crippen molar-refractivity contribution in [3.05, 3.63) is 11.8 Å². The molecule has 10 heavy (non-hydrogen) atoms. The topological polar surface area (TPSA) is 46.5 Å². The van der Waals surface area contributed by atoms with Crippen LogP contribution in [0.1, 0.15) is 20.3 Å². The zero-order valence-electron chi connectivity index (χ0n) is 6.26. The van der Waals surface area contributed by atoms with Crippen LogP contribution >= 0.6 is 0 Å². The molecule has 0 unspecified atom stereocenters. The summed E-state index contributed by atoms with van der Waals surface area (Å²) in [5.74, 6) is -0.974. The van der Waals surface area contributed by atoms with Crippen molar-refractivity contribution in [3.8, 4) is 0 Å². The largest absolute Gasteiger partial charge is 0.502 e. The maximum Gasteiger partial charge on any atom is 0.373 e. The predicted octanol–water partition coefficient (Wildman–Crippen LogP) is 1.40. The van der Waals surface area contributed by atoms with E-state index in [0.717, 1.165) is 6.42 Å². The van der Waals surface area contributed by atoms with Crippen LogP contribution in [0.15, 0.2) is 11.8 Å².